The smallest absolute Gasteiger partial charge is 0.246 e. The second kappa shape index (κ2) is 6.02. The van der Waals surface area contributed by atoms with Gasteiger partial charge >= 0.3 is 0 Å². The highest BCUT2D eigenvalue weighted by atomic mass is 16.5. The Kier molecular flexibility index (Phi) is 3.89. The number of aryl methyl sites for hydroxylation is 1. The molecule has 0 saturated carbocycles. The molecule has 0 radical (unpaired) electrons. The summed E-state index contributed by atoms with van der Waals surface area (Å²) >= 11 is 0. The minimum Gasteiger partial charge on any atom is -0.338 e. The fourth-order valence-corrected chi connectivity index (χ4v) is 2.86. The van der Waals surface area contributed by atoms with E-state index >= 15 is 0 Å². The molecule has 0 spiro atoms. The summed E-state index contributed by atoms with van der Waals surface area (Å²) in [6.45, 7) is 6.06. The fourth-order valence-electron chi connectivity index (χ4n) is 2.86. The first-order valence-corrected chi connectivity index (χ1v) is 7.44. The van der Waals surface area contributed by atoms with Gasteiger partial charge in [-0.05, 0) is 38.5 Å². The summed E-state index contributed by atoms with van der Waals surface area (Å²) in [6.07, 6.45) is 0. The first kappa shape index (κ1) is 15.5. The van der Waals surface area contributed by atoms with Crippen LogP contribution in [0.2, 0.25) is 0 Å². The van der Waals surface area contributed by atoms with Crippen LogP contribution in [0.4, 0.5) is 0 Å². The fraction of sp³-hybridized carbons (Fsp3) is 0.222. The van der Waals surface area contributed by atoms with Crippen LogP contribution in [0.15, 0.2) is 28.8 Å². The van der Waals surface area contributed by atoms with Crippen molar-refractivity contribution in [3.8, 4) is 23.3 Å². The van der Waals surface area contributed by atoms with E-state index in [1.54, 1.807) is 19.1 Å². The summed E-state index contributed by atoms with van der Waals surface area (Å²) in [4.78, 5) is 4.23. The Morgan fingerprint density at radius 3 is 2.29 bits per heavy atom. The van der Waals surface area contributed by atoms with Crippen LogP contribution >= 0.6 is 0 Å². The molecule has 0 aliphatic rings. The zero-order chi connectivity index (χ0) is 17.3. The van der Waals surface area contributed by atoms with E-state index in [4.69, 9.17) is 9.78 Å². The predicted molar refractivity (Wildman–Crippen MR) is 86.9 cm³/mol. The lowest BCUT2D eigenvalue weighted by molar-refractivity contribution is 0.366. The van der Waals surface area contributed by atoms with Crippen LogP contribution in [-0.4, -0.2) is 14.7 Å². The van der Waals surface area contributed by atoms with Crippen molar-refractivity contribution in [2.75, 3.05) is 0 Å². The molecule has 6 heteroatoms. The van der Waals surface area contributed by atoms with Gasteiger partial charge in [-0.3, -0.25) is 0 Å². The summed E-state index contributed by atoms with van der Waals surface area (Å²) in [7, 11) is 0. The van der Waals surface area contributed by atoms with Gasteiger partial charge in [-0.1, -0.05) is 17.3 Å². The van der Waals surface area contributed by atoms with Gasteiger partial charge in [0.05, 0.1) is 17.2 Å². The zero-order valence-electron chi connectivity index (χ0n) is 13.7. The first-order chi connectivity index (χ1) is 11.5. The summed E-state index contributed by atoms with van der Waals surface area (Å²) in [5.41, 5.74) is 4.79. The average molecular weight is 317 g/mol. The maximum atomic E-state index is 9.60. The minimum atomic E-state index is 0.420. The van der Waals surface area contributed by atoms with E-state index < -0.39 is 0 Å². The monoisotopic (exact) mass is 317 g/mol. The number of benzene rings is 1. The van der Waals surface area contributed by atoms with Gasteiger partial charge in [-0.15, -0.1) is 0 Å². The van der Waals surface area contributed by atoms with Crippen LogP contribution < -0.4 is 0 Å². The maximum absolute atomic E-state index is 9.60. The first-order valence-electron chi connectivity index (χ1n) is 7.44. The molecule has 0 fully saturated rings. The molecular weight excluding hydrogens is 302 g/mol. The lowest BCUT2D eigenvalue weighted by Gasteiger charge is -2.06. The van der Waals surface area contributed by atoms with Crippen molar-refractivity contribution in [2.45, 2.75) is 27.3 Å². The third-order valence-corrected chi connectivity index (χ3v) is 4.06. The highest BCUT2D eigenvalue weighted by Gasteiger charge is 2.20. The number of hydrogen-bond donors (Lipinski definition) is 0. The lowest BCUT2D eigenvalue weighted by Crippen LogP contribution is -2.04. The molecule has 0 unspecified atom stereocenters. The van der Waals surface area contributed by atoms with E-state index in [0.717, 1.165) is 22.5 Å². The second-order valence-electron chi connectivity index (χ2n) is 5.54. The molecule has 0 amide bonds. The Hall–Kier alpha value is -3.38. The molecule has 0 aliphatic heterocycles. The standard InChI is InChI=1S/C18H15N5O/c1-11-16(9-20)18(15-6-4-14(8-19)5-7-15)12(2)23(11)10-17-21-13(3)22-24-17/h4-7H,10H2,1-3H3. The third kappa shape index (κ3) is 2.55. The molecular formula is C18H15N5O. The van der Waals surface area contributed by atoms with Gasteiger partial charge in [0, 0.05) is 17.0 Å². The van der Waals surface area contributed by atoms with E-state index in [-0.39, 0.29) is 0 Å². The molecule has 1 aromatic carbocycles. The van der Waals surface area contributed by atoms with Gasteiger partial charge in [0.25, 0.3) is 0 Å². The van der Waals surface area contributed by atoms with Crippen molar-refractivity contribution in [2.24, 2.45) is 0 Å². The molecule has 0 aliphatic carbocycles. The molecule has 6 nitrogen and oxygen atoms in total. The van der Waals surface area contributed by atoms with Crippen LogP contribution in [0.1, 0.15) is 34.2 Å². The second-order valence-corrected chi connectivity index (χ2v) is 5.54. The van der Waals surface area contributed by atoms with Crippen LogP contribution in [0.3, 0.4) is 0 Å². The Morgan fingerprint density at radius 1 is 1.04 bits per heavy atom. The number of nitrogens with zero attached hydrogens (tertiary/aromatic N) is 5. The molecule has 0 saturated heterocycles. The van der Waals surface area contributed by atoms with Crippen molar-refractivity contribution in [3.63, 3.8) is 0 Å². The molecule has 24 heavy (non-hydrogen) atoms. The molecule has 3 rings (SSSR count). The van der Waals surface area contributed by atoms with Crippen LogP contribution in [0, 0.1) is 43.4 Å². The molecule has 2 aromatic heterocycles. The van der Waals surface area contributed by atoms with E-state index in [1.807, 2.05) is 30.5 Å². The average Bonchev–Trinajstić information content (AvgIpc) is 3.10. The Morgan fingerprint density at radius 2 is 1.75 bits per heavy atom. The Balaban J connectivity index is 2.11. The van der Waals surface area contributed by atoms with Crippen molar-refractivity contribution in [1.82, 2.24) is 14.7 Å². The molecule has 118 valence electrons. The van der Waals surface area contributed by atoms with Gasteiger partial charge in [0.1, 0.15) is 12.6 Å². The minimum absolute atomic E-state index is 0.420. The third-order valence-electron chi connectivity index (χ3n) is 4.06. The normalized spacial score (nSPS) is 10.4. The Labute approximate surface area is 139 Å². The van der Waals surface area contributed by atoms with Crippen molar-refractivity contribution in [1.29, 1.82) is 10.5 Å². The van der Waals surface area contributed by atoms with Gasteiger partial charge in [0.15, 0.2) is 5.82 Å². The molecule has 2 heterocycles. The molecule has 3 aromatic rings. The van der Waals surface area contributed by atoms with E-state index in [0.29, 0.717) is 29.4 Å². The zero-order valence-corrected chi connectivity index (χ0v) is 13.7. The summed E-state index contributed by atoms with van der Waals surface area (Å²) in [5.74, 6) is 1.09. The number of aromatic nitrogens is 3. The largest absolute Gasteiger partial charge is 0.338 e. The van der Waals surface area contributed by atoms with Gasteiger partial charge in [0.2, 0.25) is 5.89 Å². The van der Waals surface area contributed by atoms with Crippen molar-refractivity contribution >= 4 is 0 Å². The number of nitriles is 2. The van der Waals surface area contributed by atoms with Gasteiger partial charge in [-0.2, -0.15) is 15.5 Å². The topological polar surface area (TPSA) is 91.4 Å². The molecule has 0 atom stereocenters. The van der Waals surface area contributed by atoms with Crippen LogP contribution in [-0.2, 0) is 6.54 Å². The number of rotatable bonds is 3. The maximum Gasteiger partial charge on any atom is 0.246 e. The van der Waals surface area contributed by atoms with Crippen LogP contribution in [0.25, 0.3) is 11.1 Å². The summed E-state index contributed by atoms with van der Waals surface area (Å²) in [6, 6.07) is 11.6. The van der Waals surface area contributed by atoms with E-state index in [9.17, 15) is 5.26 Å². The highest BCUT2D eigenvalue weighted by molar-refractivity contribution is 5.75. The summed E-state index contributed by atoms with van der Waals surface area (Å²) in [5, 5.41) is 22.3. The van der Waals surface area contributed by atoms with Crippen molar-refractivity contribution in [3.05, 3.63) is 58.5 Å². The van der Waals surface area contributed by atoms with Gasteiger partial charge < -0.3 is 9.09 Å². The van der Waals surface area contributed by atoms with Crippen molar-refractivity contribution < 1.29 is 4.52 Å². The lowest BCUT2D eigenvalue weighted by atomic mass is 10.0. The molecule has 0 N–H and O–H groups in total. The SMILES string of the molecule is Cc1noc(Cn2c(C)c(C#N)c(-c3ccc(C#N)cc3)c2C)n1. The quantitative estimate of drug-likeness (QED) is 0.739. The number of hydrogen-bond acceptors (Lipinski definition) is 5. The van der Waals surface area contributed by atoms with Crippen LogP contribution in [0.5, 0.6) is 0 Å². The van der Waals surface area contributed by atoms with Gasteiger partial charge in [-0.25, -0.2) is 0 Å². The van der Waals surface area contributed by atoms with E-state index in [2.05, 4.69) is 22.3 Å². The molecule has 0 bridgehead atoms. The predicted octanol–water partition coefficient (Wildman–Crippen LogP) is 3.26. The Bertz CT molecular complexity index is 980. The van der Waals surface area contributed by atoms with E-state index in [1.165, 1.54) is 0 Å². The highest BCUT2D eigenvalue weighted by Crippen LogP contribution is 2.32. The summed E-state index contributed by atoms with van der Waals surface area (Å²) < 4.78 is 7.20.